The molecule has 0 saturated carbocycles. The molecule has 2 aliphatic heterocycles. The summed E-state index contributed by atoms with van der Waals surface area (Å²) in [5.41, 5.74) is 9.56. The van der Waals surface area contributed by atoms with Crippen molar-refractivity contribution in [2.24, 2.45) is 5.73 Å². The van der Waals surface area contributed by atoms with Crippen molar-refractivity contribution in [2.45, 2.75) is 36.8 Å². The SMILES string of the molecule is COc1ccc(CNC(=O)CN2CCCC3(C2)OC(=O)C(c2cc(Cl)c(-c4cccc(S(C)(=O)=O)c4)cc2C)=C3N)c(OC)c1. The first kappa shape index (κ1) is 32.3. The Morgan fingerprint density at radius 2 is 1.89 bits per heavy atom. The first-order valence-electron chi connectivity index (χ1n) is 14.4. The summed E-state index contributed by atoms with van der Waals surface area (Å²) in [4.78, 5) is 28.4. The first-order chi connectivity index (χ1) is 21.3. The van der Waals surface area contributed by atoms with Crippen molar-refractivity contribution in [2.75, 3.05) is 40.1 Å². The fraction of sp³-hybridized carbons (Fsp3) is 0.333. The minimum absolute atomic E-state index is 0.104. The molecule has 1 saturated heterocycles. The maximum absolute atomic E-state index is 13.3. The van der Waals surface area contributed by atoms with Crippen LogP contribution in [0.2, 0.25) is 5.02 Å². The summed E-state index contributed by atoms with van der Waals surface area (Å²) in [7, 11) is -0.272. The van der Waals surface area contributed by atoms with Gasteiger partial charge in [0.15, 0.2) is 15.4 Å². The zero-order valence-electron chi connectivity index (χ0n) is 25.6. The van der Waals surface area contributed by atoms with Gasteiger partial charge in [-0.15, -0.1) is 0 Å². The number of likely N-dealkylation sites (tertiary alicyclic amines) is 1. The second kappa shape index (κ2) is 12.7. The van der Waals surface area contributed by atoms with Gasteiger partial charge in [0.2, 0.25) is 5.91 Å². The predicted molar refractivity (Wildman–Crippen MR) is 172 cm³/mol. The summed E-state index contributed by atoms with van der Waals surface area (Å²) in [6.45, 7) is 3.14. The number of nitrogens with two attached hydrogens (primary N) is 1. The molecule has 1 unspecified atom stereocenters. The third-order valence-corrected chi connectivity index (χ3v) is 9.70. The number of hydrogen-bond donors (Lipinski definition) is 2. The number of nitrogens with zero attached hydrogens (tertiary/aromatic N) is 1. The number of benzene rings is 3. The molecule has 1 spiro atoms. The first-order valence-corrected chi connectivity index (χ1v) is 16.7. The van der Waals surface area contributed by atoms with E-state index in [0.717, 1.165) is 17.4 Å². The lowest BCUT2D eigenvalue weighted by atomic mass is 9.86. The maximum Gasteiger partial charge on any atom is 0.341 e. The van der Waals surface area contributed by atoms with E-state index in [1.165, 1.54) is 6.07 Å². The Kier molecular flexibility index (Phi) is 9.16. The van der Waals surface area contributed by atoms with Gasteiger partial charge in [-0.1, -0.05) is 23.7 Å². The molecule has 3 aromatic rings. The van der Waals surface area contributed by atoms with E-state index in [-0.39, 0.29) is 36.0 Å². The average molecular weight is 654 g/mol. The lowest BCUT2D eigenvalue weighted by molar-refractivity contribution is -0.149. The molecule has 2 heterocycles. The molecule has 5 rings (SSSR count). The lowest BCUT2D eigenvalue weighted by Gasteiger charge is -2.39. The van der Waals surface area contributed by atoms with E-state index in [9.17, 15) is 18.0 Å². The third kappa shape index (κ3) is 6.66. The summed E-state index contributed by atoms with van der Waals surface area (Å²) in [6.07, 6.45) is 2.35. The summed E-state index contributed by atoms with van der Waals surface area (Å²) in [5, 5.41) is 3.27. The molecule has 1 amide bonds. The Morgan fingerprint density at radius 3 is 2.60 bits per heavy atom. The van der Waals surface area contributed by atoms with Gasteiger partial charge in [0, 0.05) is 41.6 Å². The fourth-order valence-electron chi connectivity index (χ4n) is 5.94. The number of amides is 1. The van der Waals surface area contributed by atoms with Gasteiger partial charge in [-0.2, -0.15) is 0 Å². The normalized spacial score (nSPS) is 18.6. The molecule has 0 bridgehead atoms. The van der Waals surface area contributed by atoms with Gasteiger partial charge in [0.25, 0.3) is 0 Å². The number of rotatable bonds is 9. The van der Waals surface area contributed by atoms with Crippen LogP contribution in [0.5, 0.6) is 11.5 Å². The molecule has 0 aromatic heterocycles. The predicted octanol–water partition coefficient (Wildman–Crippen LogP) is 4.11. The van der Waals surface area contributed by atoms with Crippen molar-refractivity contribution in [3.8, 4) is 22.6 Å². The van der Waals surface area contributed by atoms with Crippen LogP contribution in [0.3, 0.4) is 0 Å². The lowest BCUT2D eigenvalue weighted by Crippen LogP contribution is -2.53. The number of carbonyl (C=O) groups is 2. The van der Waals surface area contributed by atoms with Crippen LogP contribution in [0.4, 0.5) is 0 Å². The molecule has 0 radical (unpaired) electrons. The highest BCUT2D eigenvalue weighted by atomic mass is 35.5. The number of halogens is 1. The van der Waals surface area contributed by atoms with E-state index in [2.05, 4.69) is 5.32 Å². The summed E-state index contributed by atoms with van der Waals surface area (Å²) in [6, 6.07) is 15.4. The van der Waals surface area contributed by atoms with Crippen LogP contribution in [0.15, 0.2) is 65.2 Å². The molecule has 3 aromatic carbocycles. The van der Waals surface area contributed by atoms with Gasteiger partial charge >= 0.3 is 5.97 Å². The molecular weight excluding hydrogens is 618 g/mol. The number of methoxy groups -OCH3 is 2. The number of carbonyl (C=O) groups excluding carboxylic acids is 2. The monoisotopic (exact) mass is 653 g/mol. The highest BCUT2D eigenvalue weighted by molar-refractivity contribution is 7.90. The van der Waals surface area contributed by atoms with Crippen molar-refractivity contribution < 1.29 is 32.2 Å². The second-order valence-electron chi connectivity index (χ2n) is 11.4. The zero-order chi connectivity index (χ0) is 32.5. The van der Waals surface area contributed by atoms with Gasteiger partial charge < -0.3 is 25.3 Å². The van der Waals surface area contributed by atoms with Crippen molar-refractivity contribution >= 4 is 38.9 Å². The number of sulfone groups is 1. The van der Waals surface area contributed by atoms with Crippen molar-refractivity contribution in [3.63, 3.8) is 0 Å². The quantitative estimate of drug-likeness (QED) is 0.327. The minimum atomic E-state index is -3.41. The number of ether oxygens (including phenoxy) is 3. The van der Waals surface area contributed by atoms with E-state index < -0.39 is 21.4 Å². The molecule has 45 heavy (non-hydrogen) atoms. The molecule has 238 valence electrons. The second-order valence-corrected chi connectivity index (χ2v) is 13.8. The standard InChI is InChI=1S/C33H36ClN3O7S/c1-20-13-26(21-7-5-8-24(14-21)45(4,40)41)27(34)16-25(20)30-31(35)33(44-32(30)39)11-6-12-37(19-33)18-29(38)36-17-22-9-10-23(42-2)15-28(22)43-3/h5,7-10,13-16H,6,11-12,17-19,35H2,1-4H3,(H,36,38). The fourth-order valence-corrected chi connectivity index (χ4v) is 6.88. The maximum atomic E-state index is 13.3. The van der Waals surface area contributed by atoms with Crippen molar-refractivity contribution in [3.05, 3.63) is 82.0 Å². The van der Waals surface area contributed by atoms with E-state index >= 15 is 0 Å². The van der Waals surface area contributed by atoms with Gasteiger partial charge in [0.05, 0.1) is 36.9 Å². The smallest absolute Gasteiger partial charge is 0.341 e. The van der Waals surface area contributed by atoms with Crippen molar-refractivity contribution in [1.82, 2.24) is 10.2 Å². The van der Waals surface area contributed by atoms with E-state index in [1.54, 1.807) is 50.6 Å². The van der Waals surface area contributed by atoms with Gasteiger partial charge in [-0.3, -0.25) is 9.69 Å². The minimum Gasteiger partial charge on any atom is -0.497 e. The highest BCUT2D eigenvalue weighted by Gasteiger charge is 2.49. The van der Waals surface area contributed by atoms with Crippen LogP contribution < -0.4 is 20.5 Å². The Bertz CT molecular complexity index is 1810. The van der Waals surface area contributed by atoms with Crippen molar-refractivity contribution in [1.29, 1.82) is 0 Å². The molecule has 3 N–H and O–H groups in total. The van der Waals surface area contributed by atoms with Gasteiger partial charge in [-0.05, 0) is 79.4 Å². The molecule has 2 aliphatic rings. The summed E-state index contributed by atoms with van der Waals surface area (Å²) in [5.74, 6) is 0.539. The van der Waals surface area contributed by atoms with Crippen LogP contribution in [-0.2, 0) is 30.7 Å². The molecule has 1 fully saturated rings. The average Bonchev–Trinajstić information content (AvgIpc) is 3.23. The topological polar surface area (TPSA) is 137 Å². The molecular formula is C33H36ClN3O7S. The van der Waals surface area contributed by atoms with E-state index in [1.807, 2.05) is 24.0 Å². The zero-order valence-corrected chi connectivity index (χ0v) is 27.2. The Hall–Kier alpha value is -4.06. The number of aryl methyl sites for hydroxylation is 1. The van der Waals surface area contributed by atoms with Crippen LogP contribution in [-0.4, -0.2) is 70.9 Å². The van der Waals surface area contributed by atoms with Gasteiger partial charge in [0.1, 0.15) is 11.5 Å². The van der Waals surface area contributed by atoms with Gasteiger partial charge in [-0.25, -0.2) is 13.2 Å². The van der Waals surface area contributed by atoms with Crippen LogP contribution >= 0.6 is 11.6 Å². The number of nitrogens with one attached hydrogen (secondary N) is 1. The molecule has 12 heteroatoms. The number of piperidine rings is 1. The Labute approximate surface area is 268 Å². The highest BCUT2D eigenvalue weighted by Crippen LogP contribution is 2.43. The number of hydrogen-bond acceptors (Lipinski definition) is 9. The van der Waals surface area contributed by atoms with E-state index in [0.29, 0.717) is 58.3 Å². The Morgan fingerprint density at radius 1 is 1.11 bits per heavy atom. The molecule has 0 aliphatic carbocycles. The van der Waals surface area contributed by atoms with Crippen LogP contribution in [0.25, 0.3) is 16.7 Å². The van der Waals surface area contributed by atoms with Crippen LogP contribution in [0.1, 0.15) is 29.5 Å². The largest absolute Gasteiger partial charge is 0.497 e. The van der Waals surface area contributed by atoms with Crippen LogP contribution in [0, 0.1) is 6.92 Å². The third-order valence-electron chi connectivity index (χ3n) is 8.28. The summed E-state index contributed by atoms with van der Waals surface area (Å²) >= 11 is 6.71. The molecule has 1 atom stereocenters. The number of esters is 1. The molecule has 10 nitrogen and oxygen atoms in total. The van der Waals surface area contributed by atoms with E-state index in [4.69, 9.17) is 31.5 Å². The Balaban J connectivity index is 1.34. The summed E-state index contributed by atoms with van der Waals surface area (Å²) < 4.78 is 40.8.